The third-order valence-corrected chi connectivity index (χ3v) is 28.8. The molecule has 36 heteroatoms. The lowest BCUT2D eigenvalue weighted by atomic mass is 9.90. The summed E-state index contributed by atoms with van der Waals surface area (Å²) in [5.74, 6) is 7.82. The van der Waals surface area contributed by atoms with E-state index in [9.17, 15) is 10.2 Å². The number of aromatic nitrogens is 19. The van der Waals surface area contributed by atoms with Crippen LogP contribution < -0.4 is 34.7 Å². The number of nitrogens with one attached hydrogen (secondary N) is 1. The van der Waals surface area contributed by atoms with E-state index in [-0.39, 0.29) is 12.2 Å². The number of morpholine rings is 4. The third-order valence-electron chi connectivity index (χ3n) is 24.5. The van der Waals surface area contributed by atoms with Crippen LogP contribution in [-0.4, -0.2) is 250 Å². The highest BCUT2D eigenvalue weighted by atomic mass is 32.1. The van der Waals surface area contributed by atoms with Gasteiger partial charge in [0.1, 0.15) is 89.8 Å². The van der Waals surface area contributed by atoms with Crippen molar-refractivity contribution in [3.8, 4) is 5.82 Å². The molecule has 0 bridgehead atoms. The lowest BCUT2D eigenvalue weighted by Crippen LogP contribution is -2.51. The molecule has 0 radical (unpaired) electrons. The SMILES string of the molecule is OC1CCN(c2nnnc3c2sc2nc(N4CCOCC4)c4c(c23)CCCC4)CC1.OC1CN(c2nnnc3c2sc2nc(N4CCOCC4)c4c(c23)CCCC4)C1.c1cn(-c2nnnc3c2sc2nc(N4CCOCC4)c4c(c23)CCCC4)cn1.c1cncc(CNc2nnnc3c2sc2nc(N4CCOCC4)c4c(c23)CCCC4)c1. The van der Waals surface area contributed by atoms with Gasteiger partial charge in [-0.05, 0) is 193 Å². The van der Waals surface area contributed by atoms with Crippen LogP contribution in [0.3, 0.4) is 0 Å². The van der Waals surface area contributed by atoms with Crippen LogP contribution in [0.5, 0.6) is 0 Å². The van der Waals surface area contributed by atoms with Crippen molar-refractivity contribution in [3.05, 3.63) is 93.3 Å². The van der Waals surface area contributed by atoms with E-state index < -0.39 is 0 Å². The molecule has 0 aromatic carbocycles. The molecule has 20 heterocycles. The summed E-state index contributed by atoms with van der Waals surface area (Å²) in [6, 6.07) is 3.98. The number of aryl methyl sites for hydroxylation is 4. The number of ether oxygens (including phenoxy) is 4. The number of piperidine rings is 1. The number of thiophene rings is 4. The molecular formula is C81H90N26O6S4. The highest BCUT2D eigenvalue weighted by Gasteiger charge is 2.35. The first-order valence-corrected chi connectivity index (χ1v) is 44.8. The van der Waals surface area contributed by atoms with Crippen molar-refractivity contribution in [1.29, 1.82) is 0 Å². The smallest absolute Gasteiger partial charge is 0.182 e. The van der Waals surface area contributed by atoms with Crippen LogP contribution >= 0.6 is 45.3 Å². The molecule has 32 nitrogen and oxygen atoms in total. The Hall–Kier alpha value is -9.76. The molecule has 6 fully saturated rings. The Labute approximate surface area is 688 Å². The summed E-state index contributed by atoms with van der Waals surface area (Å²) in [4.78, 5) is 47.0. The van der Waals surface area contributed by atoms with E-state index in [1.54, 1.807) is 64.1 Å². The fourth-order valence-electron chi connectivity index (χ4n) is 18.7. The average Bonchev–Trinajstić information content (AvgIpc) is 1.60. The van der Waals surface area contributed by atoms with Gasteiger partial charge in [0, 0.05) is 131 Å². The first kappa shape index (κ1) is 74.8. The summed E-state index contributed by atoms with van der Waals surface area (Å²) < 4.78 is 28.3. The van der Waals surface area contributed by atoms with Crippen LogP contribution in [0.15, 0.2) is 43.2 Å². The molecule has 24 rings (SSSR count). The molecule has 0 spiro atoms. The Bertz CT molecular complexity index is 6000. The van der Waals surface area contributed by atoms with Gasteiger partial charge in [0.05, 0.1) is 65.1 Å². The molecule has 3 N–H and O–H groups in total. The minimum absolute atomic E-state index is 0.210. The standard InChI is InChI=1S/C22H23N7OS.C21H26N6O2S.C19H19N7OS.C19H22N6O2S/c1-2-6-16-15(5-1)17-18-19(31-22(17)25-21(16)29-8-10-30-11-9-29)20(27-28-26-18)24-13-14-4-3-7-23-12-14;28-13-5-7-26(8-6-13)20-18-17(23-25-24-20)16-14-3-1-2-4-15(14)19(22-21(16)30-18)27-9-11-29-12-10-27;1-2-4-13-12(3-1)14-15-16(18(23-24-22-15)26-6-5-20-11-26)28-19(14)21-17(13)25-7-9-27-10-8-25;26-11-9-25(10-11)18-16-15(21-23-22-18)14-12-3-1-2-4-13(12)17(20-19(14)28-16)24-5-7-27-8-6-24/h3-4,7,12H,1-2,5-6,8-11,13H2,(H,24,26,27);13,28H,1-12H2;5-6,11H,1-4,7-10H2;11,26H,1-10H2. The summed E-state index contributed by atoms with van der Waals surface area (Å²) in [7, 11) is 0. The van der Waals surface area contributed by atoms with Gasteiger partial charge in [-0.2, -0.15) is 0 Å². The average molecular weight is 1650 g/mol. The van der Waals surface area contributed by atoms with Gasteiger partial charge in [0.2, 0.25) is 0 Å². The van der Waals surface area contributed by atoms with E-state index in [2.05, 4.69) is 106 Å². The van der Waals surface area contributed by atoms with Crippen molar-refractivity contribution >= 4 is 168 Å². The van der Waals surface area contributed by atoms with Crippen molar-refractivity contribution in [1.82, 2.24) is 96.1 Å². The molecule has 0 atom stereocenters. The monoisotopic (exact) mass is 1650 g/mol. The second-order valence-corrected chi connectivity index (χ2v) is 35.6. The number of aliphatic hydroxyl groups is 2. The Balaban J connectivity index is 0.0000000973. The molecule has 4 aliphatic carbocycles. The maximum Gasteiger partial charge on any atom is 0.182 e. The number of nitrogens with zero attached hydrogens (tertiary/aromatic N) is 25. The summed E-state index contributed by atoms with van der Waals surface area (Å²) >= 11 is 6.67. The number of aliphatic hydroxyl groups excluding tert-OH is 2. The molecule has 6 saturated heterocycles. The number of hydrogen-bond donors (Lipinski definition) is 3. The Morgan fingerprint density at radius 1 is 0.368 bits per heavy atom. The minimum Gasteiger partial charge on any atom is -0.393 e. The summed E-state index contributed by atoms with van der Waals surface area (Å²) in [6.45, 7) is 16.7. The maximum atomic E-state index is 9.89. The van der Waals surface area contributed by atoms with Crippen LogP contribution in [0.1, 0.15) is 114 Å². The van der Waals surface area contributed by atoms with Gasteiger partial charge >= 0.3 is 0 Å². The van der Waals surface area contributed by atoms with Gasteiger partial charge in [0.25, 0.3) is 0 Å². The van der Waals surface area contributed by atoms with Gasteiger partial charge in [-0.1, -0.05) is 6.07 Å². The molecule has 14 aromatic rings. The number of rotatable bonds is 10. The minimum atomic E-state index is -0.279. The summed E-state index contributed by atoms with van der Waals surface area (Å²) in [5, 5.41) is 79.2. The second kappa shape index (κ2) is 32.9. The van der Waals surface area contributed by atoms with Gasteiger partial charge in [-0.25, -0.2) is 24.9 Å². The fraction of sp³-hybridized carbons (Fsp3) is 0.506. The van der Waals surface area contributed by atoms with Crippen LogP contribution in [0.4, 0.5) is 40.7 Å². The molecule has 604 valence electrons. The number of imidazole rings is 1. The molecule has 14 aromatic heterocycles. The third kappa shape index (κ3) is 14.3. The van der Waals surface area contributed by atoms with Crippen molar-refractivity contribution in [2.75, 3.05) is 166 Å². The second-order valence-electron chi connectivity index (χ2n) is 31.6. The number of pyridine rings is 5. The highest BCUT2D eigenvalue weighted by molar-refractivity contribution is 7.27. The quantitative estimate of drug-likeness (QED) is 0.115. The van der Waals surface area contributed by atoms with E-state index in [0.29, 0.717) is 19.6 Å². The predicted molar refractivity (Wildman–Crippen MR) is 455 cm³/mol. The molecular weight excluding hydrogens is 1560 g/mol. The molecule has 10 aliphatic rings. The van der Waals surface area contributed by atoms with Gasteiger partial charge in [-0.15, -0.1) is 86.1 Å². The van der Waals surface area contributed by atoms with Gasteiger partial charge in [-0.3, -0.25) is 9.55 Å². The van der Waals surface area contributed by atoms with Gasteiger partial charge in [0.15, 0.2) is 23.3 Å². The Morgan fingerprint density at radius 2 is 0.726 bits per heavy atom. The number of anilines is 7. The van der Waals surface area contributed by atoms with Crippen LogP contribution in [0.25, 0.3) is 87.6 Å². The topological polar surface area (TPSA) is 346 Å². The number of β-amino-alcohol motifs (C(OH)–C–C–N with tert-alkyl or cyclic N) is 1. The van der Waals surface area contributed by atoms with Crippen molar-refractivity contribution in [2.24, 2.45) is 0 Å². The highest BCUT2D eigenvalue weighted by Crippen LogP contribution is 2.49. The normalized spacial score (nSPS) is 18.8. The zero-order valence-corrected chi connectivity index (χ0v) is 68.4. The maximum absolute atomic E-state index is 9.89. The zero-order valence-electron chi connectivity index (χ0n) is 65.1. The van der Waals surface area contributed by atoms with E-state index >= 15 is 0 Å². The van der Waals surface area contributed by atoms with Crippen LogP contribution in [0, 0.1) is 0 Å². The van der Waals surface area contributed by atoms with Gasteiger partial charge < -0.3 is 63.9 Å². The van der Waals surface area contributed by atoms with E-state index in [1.807, 2.05) is 29.1 Å². The Kier molecular flexibility index (Phi) is 21.0. The lowest BCUT2D eigenvalue weighted by Gasteiger charge is -2.36. The van der Waals surface area contributed by atoms with Crippen molar-refractivity contribution in [3.63, 3.8) is 0 Å². The predicted octanol–water partition coefficient (Wildman–Crippen LogP) is 9.73. The summed E-state index contributed by atoms with van der Waals surface area (Å²) in [5.41, 5.74) is 16.0. The van der Waals surface area contributed by atoms with Crippen molar-refractivity contribution < 1.29 is 29.2 Å². The zero-order chi connectivity index (χ0) is 77.9. The van der Waals surface area contributed by atoms with Crippen LogP contribution in [0.2, 0.25) is 0 Å². The number of hydrogen-bond acceptors (Lipinski definition) is 35. The lowest BCUT2D eigenvalue weighted by molar-refractivity contribution is 0.122. The van der Waals surface area contributed by atoms with E-state index in [0.717, 1.165) is 295 Å². The largest absolute Gasteiger partial charge is 0.393 e. The molecule has 0 amide bonds. The Morgan fingerprint density at radius 3 is 1.11 bits per heavy atom. The van der Waals surface area contributed by atoms with E-state index in [1.165, 1.54) is 117 Å². The summed E-state index contributed by atoms with van der Waals surface area (Å²) in [6.07, 6.45) is 28.3. The first-order valence-electron chi connectivity index (χ1n) is 41.5. The first-order chi connectivity index (χ1) is 57.9. The van der Waals surface area contributed by atoms with Crippen molar-refractivity contribution in [2.45, 2.75) is 134 Å². The molecule has 117 heavy (non-hydrogen) atoms. The number of fused-ring (bicyclic) bond motifs is 20. The van der Waals surface area contributed by atoms with E-state index in [4.69, 9.17) is 38.9 Å². The van der Waals surface area contributed by atoms with Crippen LogP contribution in [-0.2, 0) is 76.9 Å². The fourth-order valence-corrected chi connectivity index (χ4v) is 23.2. The molecule has 0 saturated carbocycles. The molecule has 6 aliphatic heterocycles. The molecule has 0 unspecified atom stereocenters.